The molecular weight excluding hydrogens is 290 g/mol. The summed E-state index contributed by atoms with van der Waals surface area (Å²) in [5.74, 6) is 2.39. The van der Waals surface area contributed by atoms with Crippen LogP contribution in [0.3, 0.4) is 0 Å². The molecule has 2 aromatic carbocycles. The molecule has 0 heterocycles. The van der Waals surface area contributed by atoms with Gasteiger partial charge in [-0.05, 0) is 56.2 Å². The lowest BCUT2D eigenvalue weighted by molar-refractivity contribution is -0.122. The summed E-state index contributed by atoms with van der Waals surface area (Å²) in [6, 6.07) is 14.9. The van der Waals surface area contributed by atoms with Gasteiger partial charge in [0.25, 0.3) is 0 Å². The highest BCUT2D eigenvalue weighted by atomic mass is 16.5. The SMILES string of the molecule is CCOc1ccc(Oc2ccccc2NC(=O)C2CCC2)cc1. The van der Waals surface area contributed by atoms with E-state index >= 15 is 0 Å². The molecule has 0 radical (unpaired) electrons. The average Bonchev–Trinajstić information content (AvgIpc) is 2.50. The minimum atomic E-state index is 0.0824. The van der Waals surface area contributed by atoms with Crippen LogP contribution in [0.15, 0.2) is 48.5 Å². The van der Waals surface area contributed by atoms with Crippen LogP contribution in [0, 0.1) is 5.92 Å². The van der Waals surface area contributed by atoms with E-state index < -0.39 is 0 Å². The van der Waals surface area contributed by atoms with Crippen LogP contribution in [0.25, 0.3) is 0 Å². The molecule has 2 aromatic rings. The van der Waals surface area contributed by atoms with Crippen molar-refractivity contribution in [1.29, 1.82) is 0 Å². The second-order valence-corrected chi connectivity index (χ2v) is 5.62. The topological polar surface area (TPSA) is 47.6 Å². The monoisotopic (exact) mass is 311 g/mol. The summed E-state index contributed by atoms with van der Waals surface area (Å²) < 4.78 is 11.3. The fraction of sp³-hybridized carbons (Fsp3) is 0.316. The zero-order valence-electron chi connectivity index (χ0n) is 13.2. The van der Waals surface area contributed by atoms with E-state index in [0.717, 1.165) is 25.0 Å². The van der Waals surface area contributed by atoms with Gasteiger partial charge in [-0.2, -0.15) is 0 Å². The van der Waals surface area contributed by atoms with Crippen molar-refractivity contribution < 1.29 is 14.3 Å². The number of amides is 1. The number of rotatable bonds is 6. The van der Waals surface area contributed by atoms with Gasteiger partial charge >= 0.3 is 0 Å². The Morgan fingerprint density at radius 3 is 2.43 bits per heavy atom. The maximum absolute atomic E-state index is 12.1. The van der Waals surface area contributed by atoms with Gasteiger partial charge in [0.15, 0.2) is 5.75 Å². The molecule has 0 atom stereocenters. The fourth-order valence-electron chi connectivity index (χ4n) is 2.46. The van der Waals surface area contributed by atoms with E-state index in [2.05, 4.69) is 5.32 Å². The molecule has 1 aliphatic rings. The molecule has 4 nitrogen and oxygen atoms in total. The van der Waals surface area contributed by atoms with Crippen molar-refractivity contribution in [2.24, 2.45) is 5.92 Å². The minimum Gasteiger partial charge on any atom is -0.494 e. The molecular formula is C19H21NO3. The van der Waals surface area contributed by atoms with Gasteiger partial charge in [0.05, 0.1) is 12.3 Å². The van der Waals surface area contributed by atoms with Gasteiger partial charge < -0.3 is 14.8 Å². The number of hydrogen-bond acceptors (Lipinski definition) is 3. The van der Waals surface area contributed by atoms with Crippen molar-refractivity contribution in [2.45, 2.75) is 26.2 Å². The number of carbonyl (C=O) groups is 1. The molecule has 1 aliphatic carbocycles. The number of para-hydroxylation sites is 2. The van der Waals surface area contributed by atoms with E-state index in [1.807, 2.05) is 55.5 Å². The van der Waals surface area contributed by atoms with Gasteiger partial charge in [0.1, 0.15) is 11.5 Å². The maximum atomic E-state index is 12.1. The summed E-state index contributed by atoms with van der Waals surface area (Å²) in [5, 5.41) is 2.98. The molecule has 1 N–H and O–H groups in total. The first-order valence-electron chi connectivity index (χ1n) is 8.07. The Hall–Kier alpha value is -2.49. The quantitative estimate of drug-likeness (QED) is 0.847. The van der Waals surface area contributed by atoms with E-state index in [1.54, 1.807) is 0 Å². The van der Waals surface area contributed by atoms with Crippen molar-refractivity contribution in [2.75, 3.05) is 11.9 Å². The normalized spacial score (nSPS) is 14.0. The van der Waals surface area contributed by atoms with Crippen LogP contribution in [-0.4, -0.2) is 12.5 Å². The van der Waals surface area contributed by atoms with E-state index in [-0.39, 0.29) is 11.8 Å². The third kappa shape index (κ3) is 3.83. The van der Waals surface area contributed by atoms with Crippen molar-refractivity contribution >= 4 is 11.6 Å². The zero-order chi connectivity index (χ0) is 16.1. The van der Waals surface area contributed by atoms with Crippen molar-refractivity contribution in [3.05, 3.63) is 48.5 Å². The molecule has 3 rings (SSSR count). The van der Waals surface area contributed by atoms with Crippen LogP contribution in [0.5, 0.6) is 17.2 Å². The Bertz CT molecular complexity index is 663. The first-order valence-corrected chi connectivity index (χ1v) is 8.07. The van der Waals surface area contributed by atoms with Gasteiger partial charge in [-0.25, -0.2) is 0 Å². The lowest BCUT2D eigenvalue weighted by atomic mass is 9.85. The first-order chi connectivity index (χ1) is 11.3. The van der Waals surface area contributed by atoms with Crippen molar-refractivity contribution in [3.8, 4) is 17.2 Å². The molecule has 1 saturated carbocycles. The number of benzene rings is 2. The summed E-state index contributed by atoms with van der Waals surface area (Å²) >= 11 is 0. The largest absolute Gasteiger partial charge is 0.494 e. The molecule has 0 spiro atoms. The highest BCUT2D eigenvalue weighted by molar-refractivity contribution is 5.94. The smallest absolute Gasteiger partial charge is 0.227 e. The van der Waals surface area contributed by atoms with Crippen LogP contribution in [0.4, 0.5) is 5.69 Å². The van der Waals surface area contributed by atoms with E-state index in [4.69, 9.17) is 9.47 Å². The average molecular weight is 311 g/mol. The predicted octanol–water partition coefficient (Wildman–Crippen LogP) is 4.62. The van der Waals surface area contributed by atoms with Crippen molar-refractivity contribution in [1.82, 2.24) is 0 Å². The molecule has 0 aromatic heterocycles. The van der Waals surface area contributed by atoms with Crippen LogP contribution in [-0.2, 0) is 4.79 Å². The Morgan fingerprint density at radius 2 is 1.78 bits per heavy atom. The number of anilines is 1. The number of nitrogens with one attached hydrogen (secondary N) is 1. The predicted molar refractivity (Wildman–Crippen MR) is 90.1 cm³/mol. The van der Waals surface area contributed by atoms with Gasteiger partial charge in [0.2, 0.25) is 5.91 Å². The number of carbonyl (C=O) groups excluding carboxylic acids is 1. The summed E-state index contributed by atoms with van der Waals surface area (Å²) in [4.78, 5) is 12.1. The first kappa shape index (κ1) is 15.4. The molecule has 1 fully saturated rings. The molecule has 23 heavy (non-hydrogen) atoms. The van der Waals surface area contributed by atoms with Crippen LogP contribution in [0.2, 0.25) is 0 Å². The highest BCUT2D eigenvalue weighted by Gasteiger charge is 2.25. The third-order valence-electron chi connectivity index (χ3n) is 3.98. The molecule has 0 aliphatic heterocycles. The Kier molecular flexibility index (Phi) is 4.81. The number of ether oxygens (including phenoxy) is 2. The van der Waals surface area contributed by atoms with E-state index in [0.29, 0.717) is 23.8 Å². The molecule has 1 amide bonds. The molecule has 0 saturated heterocycles. The Morgan fingerprint density at radius 1 is 1.09 bits per heavy atom. The summed E-state index contributed by atoms with van der Waals surface area (Å²) in [7, 11) is 0. The van der Waals surface area contributed by atoms with Gasteiger partial charge in [-0.1, -0.05) is 18.6 Å². The summed E-state index contributed by atoms with van der Waals surface area (Å²) in [5.41, 5.74) is 0.707. The molecule has 4 heteroatoms. The minimum absolute atomic E-state index is 0.0824. The third-order valence-corrected chi connectivity index (χ3v) is 3.98. The standard InChI is InChI=1S/C19H21NO3/c1-2-22-15-10-12-16(13-11-15)23-18-9-4-3-8-17(18)20-19(21)14-6-5-7-14/h3-4,8-14H,2,5-7H2,1H3,(H,20,21). The molecule has 120 valence electrons. The lowest BCUT2D eigenvalue weighted by Gasteiger charge is -2.24. The molecule has 0 bridgehead atoms. The fourth-order valence-corrected chi connectivity index (χ4v) is 2.46. The van der Waals surface area contributed by atoms with Crippen LogP contribution in [0.1, 0.15) is 26.2 Å². The van der Waals surface area contributed by atoms with Gasteiger partial charge in [-0.3, -0.25) is 4.79 Å². The Balaban J connectivity index is 1.70. The van der Waals surface area contributed by atoms with E-state index in [9.17, 15) is 4.79 Å². The Labute approximate surface area is 136 Å². The summed E-state index contributed by atoms with van der Waals surface area (Å²) in [6.07, 6.45) is 3.10. The maximum Gasteiger partial charge on any atom is 0.227 e. The van der Waals surface area contributed by atoms with E-state index in [1.165, 1.54) is 0 Å². The zero-order valence-corrected chi connectivity index (χ0v) is 13.2. The van der Waals surface area contributed by atoms with Crippen molar-refractivity contribution in [3.63, 3.8) is 0 Å². The van der Waals surface area contributed by atoms with Gasteiger partial charge in [0, 0.05) is 5.92 Å². The van der Waals surface area contributed by atoms with Crippen LogP contribution >= 0.6 is 0 Å². The highest BCUT2D eigenvalue weighted by Crippen LogP contribution is 2.32. The van der Waals surface area contributed by atoms with Gasteiger partial charge in [-0.15, -0.1) is 0 Å². The molecule has 0 unspecified atom stereocenters. The second-order valence-electron chi connectivity index (χ2n) is 5.62. The lowest BCUT2D eigenvalue weighted by Crippen LogP contribution is -2.28. The summed E-state index contributed by atoms with van der Waals surface area (Å²) in [6.45, 7) is 2.59. The number of hydrogen-bond donors (Lipinski definition) is 1. The van der Waals surface area contributed by atoms with Crippen LogP contribution < -0.4 is 14.8 Å². The second kappa shape index (κ2) is 7.18.